The molecule has 7 heteroatoms. The number of aliphatic imine (C=N–C) groups is 1. The Kier molecular flexibility index (Phi) is 5.43. The monoisotopic (exact) mass is 384 g/mol. The summed E-state index contributed by atoms with van der Waals surface area (Å²) in [6.07, 6.45) is 4.72. The SMILES string of the molecule is CCN=C(NC1CC1c1cccc(Cl)c1)N1CCN(c2ncccn2)CC1. The number of nitrogens with zero attached hydrogens (tertiary/aromatic N) is 5. The first-order valence-corrected chi connectivity index (χ1v) is 9.95. The van der Waals surface area contributed by atoms with Crippen LogP contribution in [0.5, 0.6) is 0 Å². The minimum Gasteiger partial charge on any atom is -0.353 e. The molecule has 2 heterocycles. The lowest BCUT2D eigenvalue weighted by Gasteiger charge is -2.36. The number of hydrogen-bond donors (Lipinski definition) is 1. The molecule has 1 N–H and O–H groups in total. The number of piperazine rings is 1. The van der Waals surface area contributed by atoms with Crippen molar-refractivity contribution in [1.82, 2.24) is 20.2 Å². The number of rotatable bonds is 4. The molecular weight excluding hydrogens is 360 g/mol. The zero-order valence-electron chi connectivity index (χ0n) is 15.6. The molecule has 142 valence electrons. The van der Waals surface area contributed by atoms with E-state index in [1.54, 1.807) is 12.4 Å². The van der Waals surface area contributed by atoms with Gasteiger partial charge in [0.25, 0.3) is 0 Å². The van der Waals surface area contributed by atoms with Crippen LogP contribution in [0.2, 0.25) is 5.02 Å². The van der Waals surface area contributed by atoms with Crippen molar-refractivity contribution in [2.24, 2.45) is 4.99 Å². The van der Waals surface area contributed by atoms with Crippen LogP contribution in [-0.4, -0.2) is 59.6 Å². The first-order valence-electron chi connectivity index (χ1n) is 9.58. The Balaban J connectivity index is 1.35. The number of hydrogen-bond acceptors (Lipinski definition) is 4. The number of benzene rings is 1. The number of anilines is 1. The van der Waals surface area contributed by atoms with Gasteiger partial charge in [-0.15, -0.1) is 0 Å². The minimum atomic E-state index is 0.434. The summed E-state index contributed by atoms with van der Waals surface area (Å²) in [7, 11) is 0. The molecule has 2 atom stereocenters. The van der Waals surface area contributed by atoms with E-state index in [1.807, 2.05) is 18.2 Å². The van der Waals surface area contributed by atoms with E-state index in [0.29, 0.717) is 12.0 Å². The van der Waals surface area contributed by atoms with Gasteiger partial charge in [-0.2, -0.15) is 0 Å². The Morgan fingerprint density at radius 3 is 2.67 bits per heavy atom. The molecule has 2 aromatic rings. The average molecular weight is 385 g/mol. The summed E-state index contributed by atoms with van der Waals surface area (Å²) in [6.45, 7) is 6.49. The van der Waals surface area contributed by atoms with Crippen molar-refractivity contribution in [3.05, 3.63) is 53.3 Å². The van der Waals surface area contributed by atoms with E-state index < -0.39 is 0 Å². The molecule has 1 aliphatic heterocycles. The first-order chi connectivity index (χ1) is 13.2. The number of aromatic nitrogens is 2. The van der Waals surface area contributed by atoms with E-state index in [4.69, 9.17) is 16.6 Å². The van der Waals surface area contributed by atoms with Crippen LogP contribution < -0.4 is 10.2 Å². The average Bonchev–Trinajstić information content (AvgIpc) is 3.48. The van der Waals surface area contributed by atoms with Crippen LogP contribution in [-0.2, 0) is 0 Å². The predicted molar refractivity (Wildman–Crippen MR) is 110 cm³/mol. The second-order valence-corrected chi connectivity index (χ2v) is 7.41. The van der Waals surface area contributed by atoms with E-state index >= 15 is 0 Å². The standard InChI is InChI=1S/C20H25ClN6/c1-2-22-20(25-18-14-17(18)15-5-3-6-16(21)13-15)27-11-9-26(10-12-27)19-23-7-4-8-24-19/h3-8,13,17-18H,2,9-12,14H2,1H3,(H,22,25). The van der Waals surface area contributed by atoms with Crippen molar-refractivity contribution in [1.29, 1.82) is 0 Å². The Bertz CT molecular complexity index is 788. The zero-order chi connectivity index (χ0) is 18.6. The maximum absolute atomic E-state index is 6.14. The highest BCUT2D eigenvalue weighted by atomic mass is 35.5. The predicted octanol–water partition coefficient (Wildman–Crippen LogP) is 2.77. The topological polar surface area (TPSA) is 56.7 Å². The highest BCUT2D eigenvalue weighted by molar-refractivity contribution is 6.30. The van der Waals surface area contributed by atoms with Crippen molar-refractivity contribution in [3.63, 3.8) is 0 Å². The van der Waals surface area contributed by atoms with Crippen molar-refractivity contribution in [2.45, 2.75) is 25.3 Å². The molecule has 0 radical (unpaired) electrons. The van der Waals surface area contributed by atoms with Gasteiger partial charge in [-0.25, -0.2) is 9.97 Å². The van der Waals surface area contributed by atoms with E-state index in [9.17, 15) is 0 Å². The summed E-state index contributed by atoms with van der Waals surface area (Å²) in [5, 5.41) is 4.47. The van der Waals surface area contributed by atoms with Crippen molar-refractivity contribution < 1.29 is 0 Å². The van der Waals surface area contributed by atoms with Gasteiger partial charge in [0.2, 0.25) is 5.95 Å². The quantitative estimate of drug-likeness (QED) is 0.648. The van der Waals surface area contributed by atoms with Gasteiger partial charge in [-0.05, 0) is 37.1 Å². The van der Waals surface area contributed by atoms with Crippen molar-refractivity contribution in [3.8, 4) is 0 Å². The van der Waals surface area contributed by atoms with Crippen LogP contribution in [0.4, 0.5) is 5.95 Å². The van der Waals surface area contributed by atoms with Gasteiger partial charge < -0.3 is 15.1 Å². The third-order valence-corrected chi connectivity index (χ3v) is 5.34. The number of halogens is 1. The summed E-state index contributed by atoms with van der Waals surface area (Å²) in [4.78, 5) is 18.0. The van der Waals surface area contributed by atoms with Crippen molar-refractivity contribution >= 4 is 23.5 Å². The van der Waals surface area contributed by atoms with Gasteiger partial charge in [0.1, 0.15) is 0 Å². The molecule has 1 aromatic heterocycles. The lowest BCUT2D eigenvalue weighted by molar-refractivity contribution is 0.369. The molecule has 1 saturated heterocycles. The lowest BCUT2D eigenvalue weighted by atomic mass is 10.1. The van der Waals surface area contributed by atoms with E-state index in [0.717, 1.165) is 56.1 Å². The summed E-state index contributed by atoms with van der Waals surface area (Å²) in [5.41, 5.74) is 1.31. The maximum Gasteiger partial charge on any atom is 0.225 e. The Labute approximate surface area is 165 Å². The molecule has 2 fully saturated rings. The second-order valence-electron chi connectivity index (χ2n) is 6.97. The summed E-state index contributed by atoms with van der Waals surface area (Å²) in [6, 6.07) is 10.5. The molecule has 0 spiro atoms. The summed E-state index contributed by atoms with van der Waals surface area (Å²) in [5.74, 6) is 2.34. The zero-order valence-corrected chi connectivity index (χ0v) is 16.3. The fraction of sp³-hybridized carbons (Fsp3) is 0.450. The highest BCUT2D eigenvalue weighted by Gasteiger charge is 2.40. The smallest absolute Gasteiger partial charge is 0.225 e. The molecule has 6 nitrogen and oxygen atoms in total. The largest absolute Gasteiger partial charge is 0.353 e. The maximum atomic E-state index is 6.14. The molecule has 0 bridgehead atoms. The molecule has 2 aliphatic rings. The first kappa shape index (κ1) is 18.0. The van der Waals surface area contributed by atoms with Crippen LogP contribution in [0.25, 0.3) is 0 Å². The van der Waals surface area contributed by atoms with Crippen LogP contribution in [0.3, 0.4) is 0 Å². The molecular formula is C20H25ClN6. The number of guanidine groups is 1. The molecule has 4 rings (SSSR count). The third-order valence-electron chi connectivity index (χ3n) is 5.10. The minimum absolute atomic E-state index is 0.434. The normalized spacial score (nSPS) is 22.7. The van der Waals surface area contributed by atoms with Crippen LogP contribution in [0.1, 0.15) is 24.8 Å². The van der Waals surface area contributed by atoms with Gasteiger partial charge in [0.05, 0.1) is 0 Å². The Morgan fingerprint density at radius 2 is 1.96 bits per heavy atom. The summed E-state index contributed by atoms with van der Waals surface area (Å²) < 4.78 is 0. The molecule has 1 aromatic carbocycles. The van der Waals surface area contributed by atoms with Gasteiger partial charge in [0.15, 0.2) is 5.96 Å². The van der Waals surface area contributed by atoms with Crippen molar-refractivity contribution in [2.75, 3.05) is 37.6 Å². The molecule has 0 amide bonds. The second kappa shape index (κ2) is 8.13. The van der Waals surface area contributed by atoms with Gasteiger partial charge in [-0.1, -0.05) is 23.7 Å². The third kappa shape index (κ3) is 4.33. The van der Waals surface area contributed by atoms with Gasteiger partial charge >= 0.3 is 0 Å². The summed E-state index contributed by atoms with van der Waals surface area (Å²) >= 11 is 6.14. The van der Waals surface area contributed by atoms with Crippen LogP contribution in [0.15, 0.2) is 47.7 Å². The highest BCUT2D eigenvalue weighted by Crippen LogP contribution is 2.41. The molecule has 1 saturated carbocycles. The van der Waals surface area contributed by atoms with E-state index in [-0.39, 0.29) is 0 Å². The Morgan fingerprint density at radius 1 is 1.19 bits per heavy atom. The van der Waals surface area contributed by atoms with E-state index in [2.05, 4.69) is 44.1 Å². The fourth-order valence-electron chi connectivity index (χ4n) is 3.59. The van der Waals surface area contributed by atoms with E-state index in [1.165, 1.54) is 5.56 Å². The fourth-order valence-corrected chi connectivity index (χ4v) is 3.78. The molecule has 27 heavy (non-hydrogen) atoms. The Hall–Kier alpha value is -2.34. The molecule has 1 aliphatic carbocycles. The lowest BCUT2D eigenvalue weighted by Crippen LogP contribution is -2.53. The van der Waals surface area contributed by atoms with Gasteiger partial charge in [-0.3, -0.25) is 4.99 Å². The number of nitrogens with one attached hydrogen (secondary N) is 1. The molecule has 2 unspecified atom stereocenters. The van der Waals surface area contributed by atoms with Crippen LogP contribution >= 0.6 is 11.6 Å². The van der Waals surface area contributed by atoms with Crippen LogP contribution in [0, 0.1) is 0 Å². The van der Waals surface area contributed by atoms with Gasteiger partial charge in [0, 0.05) is 62.1 Å².